The van der Waals surface area contributed by atoms with Gasteiger partial charge in [-0.05, 0) is 46.7 Å². The molecular weight excluding hydrogens is 285 g/mol. The molecule has 0 radical (unpaired) electrons. The summed E-state index contributed by atoms with van der Waals surface area (Å²) in [5.74, 6) is -0.960. The molecule has 0 aromatic heterocycles. The Balaban J connectivity index is 2.64. The summed E-state index contributed by atoms with van der Waals surface area (Å²) in [7, 11) is 0. The minimum atomic E-state index is -0.960. The van der Waals surface area contributed by atoms with Crippen molar-refractivity contribution in [2.24, 2.45) is 5.73 Å². The molecule has 0 bridgehead atoms. The summed E-state index contributed by atoms with van der Waals surface area (Å²) < 4.78 is 1.13. The summed E-state index contributed by atoms with van der Waals surface area (Å²) >= 11 is 2.20. The van der Waals surface area contributed by atoms with Crippen molar-refractivity contribution >= 4 is 28.6 Å². The Bertz CT molecular complexity index is 297. The summed E-state index contributed by atoms with van der Waals surface area (Å²) in [4.78, 5) is 10.4. The van der Waals surface area contributed by atoms with Crippen LogP contribution in [0.15, 0.2) is 24.3 Å². The second kappa shape index (κ2) is 4.57. The minimum Gasteiger partial charge on any atom is -0.480 e. The van der Waals surface area contributed by atoms with E-state index < -0.39 is 12.0 Å². The molecule has 0 fully saturated rings. The zero-order chi connectivity index (χ0) is 9.84. The van der Waals surface area contributed by atoms with E-state index in [-0.39, 0.29) is 0 Å². The van der Waals surface area contributed by atoms with Gasteiger partial charge in [0, 0.05) is 3.57 Å². The highest BCUT2D eigenvalue weighted by Gasteiger charge is 2.11. The lowest BCUT2D eigenvalue weighted by molar-refractivity contribution is -0.138. The molecule has 0 spiro atoms. The first-order chi connectivity index (χ1) is 6.09. The van der Waals surface area contributed by atoms with E-state index in [4.69, 9.17) is 10.8 Å². The first kappa shape index (κ1) is 10.5. The first-order valence-electron chi connectivity index (χ1n) is 3.82. The number of carboxylic acid groups (broad SMARTS) is 1. The highest BCUT2D eigenvalue weighted by atomic mass is 131. The molecule has 70 valence electrons. The number of rotatable bonds is 3. The largest absolute Gasteiger partial charge is 0.480 e. The second-order valence-electron chi connectivity index (χ2n) is 2.78. The van der Waals surface area contributed by atoms with Gasteiger partial charge in [-0.15, -0.1) is 0 Å². The third kappa shape index (κ3) is 3.31. The first-order valence-corrected chi connectivity index (χ1v) is 4.90. The van der Waals surface area contributed by atoms with Gasteiger partial charge in [0.25, 0.3) is 0 Å². The van der Waals surface area contributed by atoms with Crippen LogP contribution in [0.1, 0.15) is 5.56 Å². The summed E-state index contributed by atoms with van der Waals surface area (Å²) in [6, 6.07) is 6.85. The standard InChI is InChI=1S/C9H10INO2/c10-7-3-1-6(2-4-7)5-8(11)9(12)13/h1-4,8H,5,11H2,(H,12,13)/t8-/m1/s1/i10+4. The van der Waals surface area contributed by atoms with Crippen LogP contribution in [-0.2, 0) is 11.2 Å². The average Bonchev–Trinajstić information content (AvgIpc) is 2.08. The molecule has 0 aliphatic carbocycles. The van der Waals surface area contributed by atoms with E-state index in [1.165, 1.54) is 0 Å². The number of carboxylic acids is 1. The van der Waals surface area contributed by atoms with E-state index in [0.29, 0.717) is 6.42 Å². The maximum atomic E-state index is 10.4. The number of aliphatic carboxylic acids is 1. The molecule has 0 amide bonds. The Morgan fingerprint density at radius 2 is 2.00 bits per heavy atom. The van der Waals surface area contributed by atoms with Gasteiger partial charge in [0.1, 0.15) is 6.04 Å². The van der Waals surface area contributed by atoms with E-state index in [1.54, 1.807) is 0 Å². The zero-order valence-corrected chi connectivity index (χ0v) is 9.06. The van der Waals surface area contributed by atoms with Crippen molar-refractivity contribution in [3.8, 4) is 0 Å². The van der Waals surface area contributed by atoms with Crippen LogP contribution >= 0.6 is 22.6 Å². The van der Waals surface area contributed by atoms with Crippen LogP contribution in [0.2, 0.25) is 0 Å². The molecule has 0 aliphatic heterocycles. The van der Waals surface area contributed by atoms with Crippen LogP contribution < -0.4 is 5.73 Å². The van der Waals surface area contributed by atoms with Crippen molar-refractivity contribution in [1.29, 1.82) is 0 Å². The van der Waals surface area contributed by atoms with Gasteiger partial charge in [-0.1, -0.05) is 12.1 Å². The van der Waals surface area contributed by atoms with Crippen LogP contribution in [-0.4, -0.2) is 17.1 Å². The Morgan fingerprint density at radius 3 is 2.46 bits per heavy atom. The van der Waals surface area contributed by atoms with Crippen molar-refractivity contribution in [3.63, 3.8) is 0 Å². The van der Waals surface area contributed by atoms with Gasteiger partial charge >= 0.3 is 5.97 Å². The second-order valence-corrected chi connectivity index (χ2v) is 4.02. The molecule has 0 saturated carbocycles. The van der Waals surface area contributed by atoms with Crippen molar-refractivity contribution < 1.29 is 9.90 Å². The monoisotopic (exact) mass is 295 g/mol. The molecule has 1 atom stereocenters. The molecule has 0 unspecified atom stereocenters. The molecule has 0 heterocycles. The van der Waals surface area contributed by atoms with Crippen LogP contribution in [0.3, 0.4) is 0 Å². The van der Waals surface area contributed by atoms with Gasteiger partial charge in [0.05, 0.1) is 0 Å². The molecule has 0 aliphatic rings. The van der Waals surface area contributed by atoms with E-state index in [0.717, 1.165) is 9.13 Å². The van der Waals surface area contributed by atoms with Gasteiger partial charge < -0.3 is 10.8 Å². The predicted molar refractivity (Wildman–Crippen MR) is 58.5 cm³/mol. The van der Waals surface area contributed by atoms with E-state index in [9.17, 15) is 4.79 Å². The summed E-state index contributed by atoms with van der Waals surface area (Å²) in [5.41, 5.74) is 6.34. The zero-order valence-electron chi connectivity index (χ0n) is 6.90. The lowest BCUT2D eigenvalue weighted by Gasteiger charge is -2.05. The normalized spacial score (nSPS) is 12.5. The fourth-order valence-electron chi connectivity index (χ4n) is 0.962. The smallest absolute Gasteiger partial charge is 0.320 e. The molecule has 4 heteroatoms. The highest BCUT2D eigenvalue weighted by molar-refractivity contribution is 14.1. The number of benzene rings is 1. The molecule has 13 heavy (non-hydrogen) atoms. The molecular formula is C9H10INO2. The van der Waals surface area contributed by atoms with Crippen molar-refractivity contribution in [1.82, 2.24) is 0 Å². The molecule has 1 rings (SSSR count). The van der Waals surface area contributed by atoms with Crippen LogP contribution in [0, 0.1) is 3.57 Å². The fraction of sp³-hybridized carbons (Fsp3) is 0.222. The van der Waals surface area contributed by atoms with E-state index in [2.05, 4.69) is 22.6 Å². The minimum absolute atomic E-state index is 0.381. The van der Waals surface area contributed by atoms with Crippen molar-refractivity contribution in [3.05, 3.63) is 33.4 Å². The van der Waals surface area contributed by atoms with Gasteiger partial charge in [0.2, 0.25) is 0 Å². The van der Waals surface area contributed by atoms with Gasteiger partial charge in [0.15, 0.2) is 0 Å². The number of hydrogen-bond acceptors (Lipinski definition) is 2. The summed E-state index contributed by atoms with van der Waals surface area (Å²) in [6.07, 6.45) is 0.381. The lowest BCUT2D eigenvalue weighted by atomic mass is 10.1. The molecule has 0 saturated heterocycles. The maximum absolute atomic E-state index is 10.4. The van der Waals surface area contributed by atoms with Gasteiger partial charge in [-0.25, -0.2) is 0 Å². The number of halogens is 1. The highest BCUT2D eigenvalue weighted by Crippen LogP contribution is 2.08. The van der Waals surface area contributed by atoms with Gasteiger partial charge in [-0.3, -0.25) is 4.79 Å². The Hall–Kier alpha value is -0.620. The summed E-state index contributed by atoms with van der Waals surface area (Å²) in [6.45, 7) is 0. The number of carbonyl (C=O) groups is 1. The fourth-order valence-corrected chi connectivity index (χ4v) is 1.32. The Kier molecular flexibility index (Phi) is 3.68. The molecule has 3 N–H and O–H groups in total. The summed E-state index contributed by atoms with van der Waals surface area (Å²) in [5, 5.41) is 8.57. The maximum Gasteiger partial charge on any atom is 0.320 e. The Morgan fingerprint density at radius 1 is 1.46 bits per heavy atom. The Labute approximate surface area is 90.1 Å². The SMILES string of the molecule is N[C@H](Cc1ccc([131I])cc1)C(=O)O. The third-order valence-corrected chi connectivity index (χ3v) is 2.41. The van der Waals surface area contributed by atoms with Crippen LogP contribution in [0.25, 0.3) is 0 Å². The lowest BCUT2D eigenvalue weighted by Crippen LogP contribution is -2.32. The van der Waals surface area contributed by atoms with Gasteiger partial charge in [-0.2, -0.15) is 0 Å². The van der Waals surface area contributed by atoms with Crippen LogP contribution in [0.5, 0.6) is 0 Å². The molecule has 3 nitrogen and oxygen atoms in total. The predicted octanol–water partition coefficient (Wildman–Crippen LogP) is 1.25. The third-order valence-electron chi connectivity index (χ3n) is 1.69. The number of hydrogen-bond donors (Lipinski definition) is 2. The average molecular weight is 295 g/mol. The number of nitrogens with two attached hydrogens (primary N) is 1. The van der Waals surface area contributed by atoms with Crippen molar-refractivity contribution in [2.75, 3.05) is 0 Å². The van der Waals surface area contributed by atoms with E-state index in [1.807, 2.05) is 24.3 Å². The molecule has 1 aromatic rings. The topological polar surface area (TPSA) is 63.3 Å². The molecule has 1 aromatic carbocycles. The quantitative estimate of drug-likeness (QED) is 0.825. The van der Waals surface area contributed by atoms with Crippen molar-refractivity contribution in [2.45, 2.75) is 12.5 Å². The van der Waals surface area contributed by atoms with Crippen LogP contribution in [0.4, 0.5) is 0 Å². The van der Waals surface area contributed by atoms with E-state index >= 15 is 0 Å².